The molecule has 27 heavy (non-hydrogen) atoms. The SMILES string of the molecule is CCC(=O)N1c2ncnn2[C@@H](c2ccc(Cl)cc2)C[C@@H]1c1ccc(Cl)cc1. The van der Waals surface area contributed by atoms with Crippen molar-refractivity contribution in [2.45, 2.75) is 31.8 Å². The first kappa shape index (κ1) is 18.0. The lowest BCUT2D eigenvalue weighted by Crippen LogP contribution is -2.42. The van der Waals surface area contributed by atoms with Crippen LogP contribution in [0.15, 0.2) is 54.9 Å². The quantitative estimate of drug-likeness (QED) is 0.616. The van der Waals surface area contributed by atoms with E-state index in [-0.39, 0.29) is 18.0 Å². The Hall–Kier alpha value is -2.37. The van der Waals surface area contributed by atoms with Gasteiger partial charge in [-0.1, -0.05) is 54.4 Å². The third-order valence-corrected chi connectivity index (χ3v) is 5.41. The van der Waals surface area contributed by atoms with E-state index in [1.807, 2.05) is 60.1 Å². The van der Waals surface area contributed by atoms with Crippen molar-refractivity contribution in [1.29, 1.82) is 0 Å². The number of nitrogens with zero attached hydrogens (tertiary/aromatic N) is 4. The van der Waals surface area contributed by atoms with E-state index in [1.165, 1.54) is 6.33 Å². The number of carbonyl (C=O) groups excluding carboxylic acids is 1. The van der Waals surface area contributed by atoms with E-state index in [0.717, 1.165) is 11.1 Å². The summed E-state index contributed by atoms with van der Waals surface area (Å²) >= 11 is 12.1. The van der Waals surface area contributed by atoms with Crippen molar-refractivity contribution in [1.82, 2.24) is 14.8 Å². The minimum Gasteiger partial charge on any atom is -0.274 e. The highest BCUT2D eigenvalue weighted by Crippen LogP contribution is 2.42. The second kappa shape index (κ2) is 7.33. The van der Waals surface area contributed by atoms with Crippen LogP contribution in [0.3, 0.4) is 0 Å². The molecule has 1 aromatic heterocycles. The number of aromatic nitrogens is 3. The third kappa shape index (κ3) is 3.33. The van der Waals surface area contributed by atoms with Gasteiger partial charge in [-0.25, -0.2) is 4.68 Å². The van der Waals surface area contributed by atoms with Crippen molar-refractivity contribution >= 4 is 35.1 Å². The van der Waals surface area contributed by atoms with E-state index in [2.05, 4.69) is 10.1 Å². The van der Waals surface area contributed by atoms with Gasteiger partial charge in [0.25, 0.3) is 0 Å². The largest absolute Gasteiger partial charge is 0.274 e. The van der Waals surface area contributed by atoms with Crippen LogP contribution in [0.1, 0.15) is 43.0 Å². The highest BCUT2D eigenvalue weighted by atomic mass is 35.5. The lowest BCUT2D eigenvalue weighted by Gasteiger charge is -2.39. The average Bonchev–Trinajstić information content (AvgIpc) is 3.17. The Morgan fingerprint density at radius 3 is 2.11 bits per heavy atom. The van der Waals surface area contributed by atoms with Gasteiger partial charge in [0.2, 0.25) is 11.9 Å². The zero-order valence-electron chi connectivity index (χ0n) is 14.7. The van der Waals surface area contributed by atoms with Gasteiger partial charge in [0.05, 0.1) is 12.1 Å². The summed E-state index contributed by atoms with van der Waals surface area (Å²) in [7, 11) is 0. The van der Waals surface area contributed by atoms with Crippen molar-refractivity contribution in [3.63, 3.8) is 0 Å². The third-order valence-electron chi connectivity index (χ3n) is 4.90. The maximum atomic E-state index is 12.8. The zero-order chi connectivity index (χ0) is 19.0. The van der Waals surface area contributed by atoms with Crippen LogP contribution in [-0.2, 0) is 4.79 Å². The Bertz CT molecular complexity index is 953. The van der Waals surface area contributed by atoms with Crippen molar-refractivity contribution < 1.29 is 4.79 Å². The summed E-state index contributed by atoms with van der Waals surface area (Å²) in [5.41, 5.74) is 2.10. The Balaban J connectivity index is 1.83. The Morgan fingerprint density at radius 2 is 1.56 bits per heavy atom. The van der Waals surface area contributed by atoms with E-state index in [1.54, 1.807) is 4.90 Å². The van der Waals surface area contributed by atoms with E-state index in [0.29, 0.717) is 28.8 Å². The summed E-state index contributed by atoms with van der Waals surface area (Å²) < 4.78 is 1.82. The number of halogens is 2. The van der Waals surface area contributed by atoms with E-state index < -0.39 is 0 Å². The number of amides is 1. The first-order valence-electron chi connectivity index (χ1n) is 8.81. The molecule has 0 unspecified atom stereocenters. The van der Waals surface area contributed by atoms with Crippen LogP contribution in [0.4, 0.5) is 5.95 Å². The molecule has 0 fully saturated rings. The van der Waals surface area contributed by atoms with E-state index >= 15 is 0 Å². The van der Waals surface area contributed by atoms with Gasteiger partial charge < -0.3 is 0 Å². The van der Waals surface area contributed by atoms with E-state index in [9.17, 15) is 4.79 Å². The van der Waals surface area contributed by atoms with Gasteiger partial charge in [0, 0.05) is 16.5 Å². The minimum atomic E-state index is -0.146. The summed E-state index contributed by atoms with van der Waals surface area (Å²) in [5, 5.41) is 5.76. The average molecular weight is 401 g/mol. The van der Waals surface area contributed by atoms with Gasteiger partial charge in [0.1, 0.15) is 6.33 Å². The number of fused-ring (bicyclic) bond motifs is 1. The molecule has 2 heterocycles. The Labute approximate surface area is 167 Å². The van der Waals surface area contributed by atoms with Crippen molar-refractivity contribution in [3.05, 3.63) is 76.0 Å². The standard InChI is InChI=1S/C20H18Cl2N4O/c1-2-19(27)25-17(13-3-7-15(21)8-4-13)11-18(26-20(25)23-12-24-26)14-5-9-16(22)10-6-14/h3-10,12,17-18H,2,11H2,1H3/t17-,18-/m1/s1. The second-order valence-electron chi connectivity index (χ2n) is 6.49. The van der Waals surface area contributed by atoms with Gasteiger partial charge in [0.15, 0.2) is 0 Å². The fourth-order valence-corrected chi connectivity index (χ4v) is 3.83. The molecule has 1 aliphatic rings. The second-order valence-corrected chi connectivity index (χ2v) is 7.37. The molecular formula is C20H18Cl2N4O. The van der Waals surface area contributed by atoms with Crippen LogP contribution in [0, 0.1) is 0 Å². The van der Waals surface area contributed by atoms with Gasteiger partial charge in [-0.2, -0.15) is 10.1 Å². The molecule has 1 amide bonds. The predicted octanol–water partition coefficient (Wildman–Crippen LogP) is 5.06. The number of hydrogen-bond donors (Lipinski definition) is 0. The molecule has 0 spiro atoms. The molecule has 0 saturated heterocycles. The molecule has 7 heteroatoms. The van der Waals surface area contributed by atoms with Gasteiger partial charge in [-0.15, -0.1) is 0 Å². The molecule has 138 valence electrons. The fraction of sp³-hybridized carbons (Fsp3) is 0.250. The normalized spacial score (nSPS) is 19.0. The molecule has 0 aliphatic carbocycles. The van der Waals surface area contributed by atoms with Crippen molar-refractivity contribution in [2.75, 3.05) is 4.90 Å². The van der Waals surface area contributed by atoms with Crippen molar-refractivity contribution in [3.8, 4) is 0 Å². The van der Waals surface area contributed by atoms with Crippen LogP contribution in [0.5, 0.6) is 0 Å². The Morgan fingerprint density at radius 1 is 1.00 bits per heavy atom. The summed E-state index contributed by atoms with van der Waals surface area (Å²) in [6.07, 6.45) is 2.58. The minimum absolute atomic E-state index is 0.0127. The maximum absolute atomic E-state index is 12.8. The van der Waals surface area contributed by atoms with Crippen LogP contribution >= 0.6 is 23.2 Å². The number of hydrogen-bond acceptors (Lipinski definition) is 3. The summed E-state index contributed by atoms with van der Waals surface area (Å²) in [4.78, 5) is 18.9. The molecule has 0 bridgehead atoms. The maximum Gasteiger partial charge on any atom is 0.231 e. The first-order valence-corrected chi connectivity index (χ1v) is 9.56. The predicted molar refractivity (Wildman–Crippen MR) is 106 cm³/mol. The molecule has 1 aliphatic heterocycles. The van der Waals surface area contributed by atoms with Gasteiger partial charge in [-0.05, 0) is 41.8 Å². The number of anilines is 1. The molecule has 0 N–H and O–H groups in total. The fourth-order valence-electron chi connectivity index (χ4n) is 3.58. The number of rotatable bonds is 3. The molecular weight excluding hydrogens is 383 g/mol. The summed E-state index contributed by atoms with van der Waals surface area (Å²) in [6.45, 7) is 1.85. The monoisotopic (exact) mass is 400 g/mol. The molecule has 2 aromatic carbocycles. The van der Waals surface area contributed by atoms with Gasteiger partial charge >= 0.3 is 0 Å². The summed E-state index contributed by atoms with van der Waals surface area (Å²) in [5.74, 6) is 0.576. The highest BCUT2D eigenvalue weighted by Gasteiger charge is 2.38. The number of carbonyl (C=O) groups is 1. The molecule has 0 radical (unpaired) electrons. The lowest BCUT2D eigenvalue weighted by molar-refractivity contribution is -0.119. The number of benzene rings is 2. The highest BCUT2D eigenvalue weighted by molar-refractivity contribution is 6.30. The van der Waals surface area contributed by atoms with Crippen molar-refractivity contribution in [2.24, 2.45) is 0 Å². The van der Waals surface area contributed by atoms with Crippen LogP contribution in [-0.4, -0.2) is 20.7 Å². The molecule has 4 rings (SSSR count). The molecule has 5 nitrogen and oxygen atoms in total. The lowest BCUT2D eigenvalue weighted by atomic mass is 9.92. The molecule has 3 aromatic rings. The topological polar surface area (TPSA) is 51.0 Å². The molecule has 2 atom stereocenters. The zero-order valence-corrected chi connectivity index (χ0v) is 16.2. The first-order chi connectivity index (χ1) is 13.1. The van der Waals surface area contributed by atoms with E-state index in [4.69, 9.17) is 23.2 Å². The van der Waals surface area contributed by atoms with Crippen LogP contribution in [0.2, 0.25) is 10.0 Å². The van der Waals surface area contributed by atoms with Crippen LogP contribution in [0.25, 0.3) is 0 Å². The Kier molecular flexibility index (Phi) is 4.89. The van der Waals surface area contributed by atoms with Crippen LogP contribution < -0.4 is 4.90 Å². The summed E-state index contributed by atoms with van der Waals surface area (Å²) in [6, 6.07) is 15.2. The molecule has 0 saturated carbocycles. The smallest absolute Gasteiger partial charge is 0.231 e. The van der Waals surface area contributed by atoms with Gasteiger partial charge in [-0.3, -0.25) is 9.69 Å².